The Morgan fingerprint density at radius 1 is 1.80 bits per heavy atom. The molecular weight excluding hydrogens is 295 g/mol. The van der Waals surface area contributed by atoms with Gasteiger partial charge >= 0.3 is 35.4 Å². The van der Waals surface area contributed by atoms with E-state index in [1.54, 1.807) is 6.92 Å². The third-order valence-corrected chi connectivity index (χ3v) is 2.48. The SMILES string of the molecule is [CH3][Am][C](C)=O. The number of rotatable bonds is 1. The van der Waals surface area contributed by atoms with Crippen LogP contribution in [0.5, 0.6) is 0 Å². The number of hydrogen-bond donors (Lipinski definition) is 0. The molecule has 31 valence electrons. The molecule has 0 N–H and O–H groups in total. The van der Waals surface area contributed by atoms with Crippen LogP contribution in [0.1, 0.15) is 6.92 Å². The molecule has 0 fully saturated rings. The summed E-state index contributed by atoms with van der Waals surface area (Å²) in [5, 5.41) is 0.433. The summed E-state index contributed by atoms with van der Waals surface area (Å²) in [6.07, 6.45) is 2.03. The van der Waals surface area contributed by atoms with Crippen molar-refractivity contribution in [3.8, 4) is 0 Å². The van der Waals surface area contributed by atoms with E-state index >= 15 is 0 Å². The molecule has 0 saturated carbocycles. The predicted octanol–water partition coefficient (Wildman–Crippen LogP) is 0.666. The molecule has 0 atom stereocenters. The minimum atomic E-state index is -0.563. The first-order valence-electron chi connectivity index (χ1n) is 1.27. The molecule has 0 heterocycles. The second-order valence-electron chi connectivity index (χ2n) is 0.659. The number of carbonyl (C=O) groups excluding carboxylic acids is 1. The second-order valence-corrected chi connectivity index (χ2v) is 4.45. The van der Waals surface area contributed by atoms with Gasteiger partial charge in [0, 0.05) is 0 Å². The van der Waals surface area contributed by atoms with Gasteiger partial charge in [0.05, 0.1) is 0 Å². The molecule has 0 spiro atoms. The second kappa shape index (κ2) is 2.31. The van der Waals surface area contributed by atoms with Gasteiger partial charge in [-0.1, -0.05) is 0 Å². The van der Waals surface area contributed by atoms with Gasteiger partial charge in [0.15, 0.2) is 0 Å². The summed E-state index contributed by atoms with van der Waals surface area (Å²) < 4.78 is 0. The Kier molecular flexibility index (Phi) is 2.33. The van der Waals surface area contributed by atoms with Crippen LogP contribution in [0, 0.1) is 12.5 Å². The van der Waals surface area contributed by atoms with Crippen LogP contribution in [-0.4, -0.2) is 5.02 Å². The van der Waals surface area contributed by atoms with Crippen LogP contribution in [0.4, 0.5) is 0 Å². The van der Waals surface area contributed by atoms with Crippen LogP contribution in [-0.2, 0) is 4.79 Å². The molecule has 0 bridgehead atoms. The zero-order valence-corrected chi connectivity index (χ0v) is 6.43. The summed E-state index contributed by atoms with van der Waals surface area (Å²) in [4.78, 5) is 9.89. The Balaban J connectivity index is 2.85. The minimum absolute atomic E-state index is 0.433. The molecule has 0 aromatic heterocycles. The van der Waals surface area contributed by atoms with Crippen molar-refractivity contribution in [2.24, 2.45) is 0 Å². The van der Waals surface area contributed by atoms with Crippen LogP contribution in [0.3, 0.4) is 0 Å². The molecule has 0 amide bonds. The average Bonchev–Trinajstić information content (AvgIpc) is 1.38. The summed E-state index contributed by atoms with van der Waals surface area (Å²) in [6.45, 7) is 1.66. The van der Waals surface area contributed by atoms with Crippen molar-refractivity contribution in [3.63, 3.8) is 0 Å². The summed E-state index contributed by atoms with van der Waals surface area (Å²) in [5.41, 5.74) is 0. The molecule has 0 aliphatic heterocycles. The van der Waals surface area contributed by atoms with E-state index in [0.29, 0.717) is 5.02 Å². The van der Waals surface area contributed by atoms with Crippen molar-refractivity contribution in [3.05, 3.63) is 0 Å². The molecule has 0 aromatic carbocycles. The summed E-state index contributed by atoms with van der Waals surface area (Å²) >= 11 is -0.563. The molecular formula is C3H6AmO. The molecule has 0 aliphatic rings. The van der Waals surface area contributed by atoms with Crippen molar-refractivity contribution in [2.75, 3.05) is 0 Å². The van der Waals surface area contributed by atoms with E-state index in [2.05, 4.69) is 0 Å². The first-order valence-corrected chi connectivity index (χ1v) is 5.99. The third kappa shape index (κ3) is 4.06. The molecule has 0 unspecified atom stereocenters. The summed E-state index contributed by atoms with van der Waals surface area (Å²) in [7, 11) is 0. The van der Waals surface area contributed by atoms with Crippen molar-refractivity contribution >= 4 is 5.02 Å². The van der Waals surface area contributed by atoms with Gasteiger partial charge in [-0.3, -0.25) is 0 Å². The summed E-state index contributed by atoms with van der Waals surface area (Å²) in [5.74, 6) is 0. The quantitative estimate of drug-likeness (QED) is 0.696. The standard InChI is InChI=1S/C2H3O.CH3.Am/c1-2-3;;/h1H3;1H3;. The maximum absolute atomic E-state index is 9.89. The van der Waals surface area contributed by atoms with Crippen molar-refractivity contribution < 1.29 is 17.3 Å². The Morgan fingerprint density at radius 3 is 2.00 bits per heavy atom. The Hall–Kier alpha value is 0.0596. The van der Waals surface area contributed by atoms with Crippen LogP contribution in [0.25, 0.3) is 0 Å². The van der Waals surface area contributed by atoms with Crippen LogP contribution in [0.2, 0.25) is 6.16 Å². The van der Waals surface area contributed by atoms with E-state index in [9.17, 15) is 4.79 Å². The maximum atomic E-state index is 9.89. The van der Waals surface area contributed by atoms with Crippen molar-refractivity contribution in [1.82, 2.24) is 0 Å². The average molecular weight is 301 g/mol. The monoisotopic (exact) mass is 299 g/mol. The van der Waals surface area contributed by atoms with Crippen LogP contribution in [0.15, 0.2) is 0 Å². The molecule has 0 aliphatic carbocycles. The van der Waals surface area contributed by atoms with E-state index in [4.69, 9.17) is 0 Å². The molecule has 0 aromatic rings. The fourth-order valence-corrected chi connectivity index (χ4v) is 0. The predicted molar refractivity (Wildman–Crippen MR) is 16.5 cm³/mol. The summed E-state index contributed by atoms with van der Waals surface area (Å²) in [6, 6.07) is 0. The fourth-order valence-electron chi connectivity index (χ4n) is 0. The number of carbonyl (C=O) groups is 1. The third-order valence-electron chi connectivity index (χ3n) is 0.266. The molecule has 2 heteroatoms. The molecule has 0 rings (SSSR count). The van der Waals surface area contributed by atoms with Crippen molar-refractivity contribution in [1.29, 1.82) is 0 Å². The number of hydrogen-bond acceptors (Lipinski definition) is 1. The van der Waals surface area contributed by atoms with Gasteiger partial charge in [0.2, 0.25) is 0 Å². The van der Waals surface area contributed by atoms with E-state index in [1.807, 2.05) is 6.16 Å². The molecule has 0 radical (unpaired) electrons. The topological polar surface area (TPSA) is 17.1 Å². The van der Waals surface area contributed by atoms with Gasteiger partial charge in [0.1, 0.15) is 0 Å². The van der Waals surface area contributed by atoms with E-state index in [-0.39, 0.29) is 0 Å². The first-order chi connectivity index (χ1) is 2.27. The van der Waals surface area contributed by atoms with Gasteiger partial charge in [0.25, 0.3) is 0 Å². The van der Waals surface area contributed by atoms with E-state index in [1.165, 1.54) is 0 Å². The van der Waals surface area contributed by atoms with Gasteiger partial charge in [-0.25, -0.2) is 0 Å². The first kappa shape index (κ1) is 5.06. The van der Waals surface area contributed by atoms with E-state index in [0.717, 1.165) is 0 Å². The Bertz CT molecular complexity index is 42.2. The van der Waals surface area contributed by atoms with Gasteiger partial charge in [-0.15, -0.1) is 0 Å². The molecule has 1 nitrogen and oxygen atoms in total. The van der Waals surface area contributed by atoms with Crippen LogP contribution < -0.4 is 0 Å². The molecule has 5 heavy (non-hydrogen) atoms. The Labute approximate surface area is 36.2 Å². The van der Waals surface area contributed by atoms with E-state index < -0.39 is 12.5 Å². The zero-order chi connectivity index (χ0) is 4.28. The normalized spacial score (nSPS) is 6.00. The Morgan fingerprint density at radius 2 is 2.00 bits per heavy atom. The fraction of sp³-hybridized carbons (Fsp3) is 0.667. The van der Waals surface area contributed by atoms with Crippen molar-refractivity contribution in [2.45, 2.75) is 13.1 Å². The van der Waals surface area contributed by atoms with Crippen LogP contribution >= 0.6 is 0 Å². The van der Waals surface area contributed by atoms with Gasteiger partial charge < -0.3 is 0 Å². The molecule has 0 saturated heterocycles. The zero-order valence-electron chi connectivity index (χ0n) is 3.29. The van der Waals surface area contributed by atoms with Gasteiger partial charge in [-0.2, -0.15) is 0 Å². The van der Waals surface area contributed by atoms with Gasteiger partial charge in [-0.05, 0) is 0 Å².